The van der Waals surface area contributed by atoms with Gasteiger partial charge >= 0.3 is 23.9 Å². The first kappa shape index (κ1) is 33.3. The highest BCUT2D eigenvalue weighted by molar-refractivity contribution is 5.73. The molecule has 0 aromatic heterocycles. The number of aliphatic carboxylic acids is 4. The number of hydrogen-bond donors (Lipinski definition) is 8. The molecule has 5 rings (SSSR count). The van der Waals surface area contributed by atoms with Gasteiger partial charge in [-0.15, -0.1) is 0 Å². The van der Waals surface area contributed by atoms with Gasteiger partial charge in [0, 0.05) is 25.7 Å². The second-order valence-corrected chi connectivity index (χ2v) is 12.0. The Morgan fingerprint density at radius 3 is 0.625 bits per heavy atom. The topological polar surface area (TPSA) is 230 Å². The third-order valence-electron chi connectivity index (χ3n) is 8.26. The third kappa shape index (κ3) is 7.49. The minimum atomic E-state index is -1.15. The minimum Gasteiger partial charge on any atom is -0.507 e. The highest BCUT2D eigenvalue weighted by Crippen LogP contribution is 2.39. The van der Waals surface area contributed by atoms with Crippen LogP contribution in [0, 0.1) is 0 Å². The second kappa shape index (κ2) is 13.4. The zero-order valence-corrected chi connectivity index (χ0v) is 25.5. The van der Waals surface area contributed by atoms with E-state index in [-0.39, 0.29) is 93.2 Å². The van der Waals surface area contributed by atoms with Crippen LogP contribution in [-0.2, 0) is 70.5 Å². The van der Waals surface area contributed by atoms with E-state index < -0.39 is 49.6 Å². The number of phenols is 4. The van der Waals surface area contributed by atoms with Crippen molar-refractivity contribution in [1.82, 2.24) is 0 Å². The maximum Gasteiger partial charge on any atom is 0.307 e. The molecule has 0 fully saturated rings. The van der Waals surface area contributed by atoms with E-state index in [9.17, 15) is 60.0 Å². The van der Waals surface area contributed by atoms with Crippen molar-refractivity contribution in [2.24, 2.45) is 0 Å². The molecular formula is C36H32O12. The van der Waals surface area contributed by atoms with Gasteiger partial charge in [-0.1, -0.05) is 48.5 Å². The summed E-state index contributed by atoms with van der Waals surface area (Å²) < 4.78 is 0. The Morgan fingerprint density at radius 2 is 0.500 bits per heavy atom. The fourth-order valence-electron chi connectivity index (χ4n) is 6.33. The molecule has 4 aromatic carbocycles. The molecule has 8 N–H and O–H groups in total. The van der Waals surface area contributed by atoms with E-state index in [0.29, 0.717) is 22.3 Å². The molecule has 0 atom stereocenters. The number of hydrogen-bond acceptors (Lipinski definition) is 8. The minimum absolute atomic E-state index is 0.162. The predicted molar refractivity (Wildman–Crippen MR) is 169 cm³/mol. The molecule has 4 aromatic rings. The number of aromatic hydroxyl groups is 4. The quantitative estimate of drug-likeness (QED) is 0.120. The average molecular weight is 657 g/mol. The first-order valence-corrected chi connectivity index (χ1v) is 14.9. The van der Waals surface area contributed by atoms with E-state index in [1.54, 1.807) is 0 Å². The lowest BCUT2D eigenvalue weighted by molar-refractivity contribution is -0.137. The molecule has 12 heteroatoms. The van der Waals surface area contributed by atoms with E-state index in [0.717, 1.165) is 0 Å². The van der Waals surface area contributed by atoms with Crippen LogP contribution in [0.3, 0.4) is 0 Å². The molecule has 48 heavy (non-hydrogen) atoms. The monoisotopic (exact) mass is 656 g/mol. The first-order valence-electron chi connectivity index (χ1n) is 14.9. The van der Waals surface area contributed by atoms with Crippen molar-refractivity contribution in [3.63, 3.8) is 0 Å². The number of fused-ring (bicyclic) bond motifs is 8. The molecule has 248 valence electrons. The van der Waals surface area contributed by atoms with Crippen molar-refractivity contribution in [2.45, 2.75) is 51.4 Å². The molecule has 1 aliphatic carbocycles. The Labute approximate surface area is 273 Å². The fourth-order valence-corrected chi connectivity index (χ4v) is 6.33. The van der Waals surface area contributed by atoms with Crippen molar-refractivity contribution in [1.29, 1.82) is 0 Å². The molecule has 0 radical (unpaired) electrons. The van der Waals surface area contributed by atoms with Crippen molar-refractivity contribution in [2.75, 3.05) is 0 Å². The Kier molecular flexibility index (Phi) is 9.28. The molecule has 12 nitrogen and oxygen atoms in total. The third-order valence-corrected chi connectivity index (χ3v) is 8.26. The van der Waals surface area contributed by atoms with Gasteiger partial charge in [0.05, 0.1) is 25.7 Å². The lowest BCUT2D eigenvalue weighted by Crippen LogP contribution is -2.08. The Hall–Kier alpha value is -6.04. The molecule has 0 spiro atoms. The van der Waals surface area contributed by atoms with Crippen LogP contribution in [-0.4, -0.2) is 64.7 Å². The standard InChI is InChI=1S/C36H32O12/c37-29(38)9-17-1-21-13-23-3-18(10-30(39)40)4-25(34(23)46)15-26-7-20(12-32(43)44)8-28(36(26)48)16-27-6-19(11-31(41)42)5-24(35(27)47)14-22(2-17)33(21)45/h1-8,45-48H,9-16H2,(H,37,38)(H,39,40)(H,41,42)(H,43,44). The molecule has 0 amide bonds. The Balaban J connectivity index is 1.82. The van der Waals surface area contributed by atoms with Gasteiger partial charge in [0.1, 0.15) is 23.0 Å². The number of carboxylic acid groups (broad SMARTS) is 4. The van der Waals surface area contributed by atoms with Gasteiger partial charge in [-0.25, -0.2) is 0 Å². The summed E-state index contributed by atoms with van der Waals surface area (Å²) >= 11 is 0. The number of benzene rings is 4. The van der Waals surface area contributed by atoms with Crippen LogP contribution in [0.25, 0.3) is 0 Å². The Morgan fingerprint density at radius 1 is 0.354 bits per heavy atom. The lowest BCUT2D eigenvalue weighted by atomic mass is 9.87. The molecule has 0 saturated heterocycles. The maximum atomic E-state index is 11.7. The van der Waals surface area contributed by atoms with Crippen LogP contribution in [0.1, 0.15) is 66.8 Å². The number of carboxylic acids is 4. The van der Waals surface area contributed by atoms with Gasteiger partial charge in [0.2, 0.25) is 0 Å². The van der Waals surface area contributed by atoms with Gasteiger partial charge in [-0.3, -0.25) is 19.2 Å². The van der Waals surface area contributed by atoms with Crippen LogP contribution >= 0.6 is 0 Å². The molecule has 0 aliphatic heterocycles. The number of rotatable bonds is 8. The summed E-state index contributed by atoms with van der Waals surface area (Å²) in [5.74, 6) is -5.62. The molecule has 0 saturated carbocycles. The number of phenolic OH excluding ortho intramolecular Hbond substituents is 4. The predicted octanol–water partition coefficient (Wildman–Crippen LogP) is 3.69. The lowest BCUT2D eigenvalue weighted by Gasteiger charge is -2.20. The second-order valence-electron chi connectivity index (χ2n) is 12.0. The number of carbonyl (C=O) groups is 4. The largest absolute Gasteiger partial charge is 0.507 e. The van der Waals surface area contributed by atoms with Crippen molar-refractivity contribution >= 4 is 23.9 Å². The van der Waals surface area contributed by atoms with Crippen molar-refractivity contribution in [3.8, 4) is 23.0 Å². The van der Waals surface area contributed by atoms with E-state index in [1.807, 2.05) is 0 Å². The van der Waals surface area contributed by atoms with Crippen molar-refractivity contribution in [3.05, 3.63) is 115 Å². The summed E-state index contributed by atoms with van der Waals surface area (Å²) in [6, 6.07) is 11.7. The van der Waals surface area contributed by atoms with E-state index >= 15 is 0 Å². The smallest absolute Gasteiger partial charge is 0.307 e. The van der Waals surface area contributed by atoms with Gasteiger partial charge in [-0.2, -0.15) is 0 Å². The molecule has 8 bridgehead atoms. The van der Waals surface area contributed by atoms with Gasteiger partial charge in [0.15, 0.2) is 0 Å². The average Bonchev–Trinajstić information content (AvgIpc) is 2.96. The van der Waals surface area contributed by atoms with Gasteiger partial charge in [0.25, 0.3) is 0 Å². The summed E-state index contributed by atoms with van der Waals surface area (Å²) in [5.41, 5.74) is 2.89. The highest BCUT2D eigenvalue weighted by Gasteiger charge is 2.23. The summed E-state index contributed by atoms with van der Waals surface area (Å²) in [7, 11) is 0. The molecule has 0 unspecified atom stereocenters. The fraction of sp³-hybridized carbons (Fsp3) is 0.222. The molecular weight excluding hydrogens is 624 g/mol. The van der Waals surface area contributed by atoms with Crippen molar-refractivity contribution < 1.29 is 60.0 Å². The van der Waals surface area contributed by atoms with Crippen LogP contribution in [0.4, 0.5) is 0 Å². The molecule has 1 aliphatic rings. The summed E-state index contributed by atoms with van der Waals surface area (Å²) in [4.78, 5) is 46.7. The zero-order chi connectivity index (χ0) is 34.9. The zero-order valence-electron chi connectivity index (χ0n) is 25.5. The highest BCUT2D eigenvalue weighted by atomic mass is 16.4. The normalized spacial score (nSPS) is 12.3. The van der Waals surface area contributed by atoms with Crippen LogP contribution in [0.2, 0.25) is 0 Å². The summed E-state index contributed by atoms with van der Waals surface area (Å²) in [6.45, 7) is 0. The SMILES string of the molecule is O=C(O)Cc1cc2c(O)c(c1)Cc1cc(CC(=O)O)cc(c1O)Cc1cc(CC(=O)O)cc(c1O)Cc1cc(CC(=O)O)cc(c1O)C2. The summed E-state index contributed by atoms with van der Waals surface area (Å²) in [5, 5.41) is 84.0. The van der Waals surface area contributed by atoms with Crippen LogP contribution < -0.4 is 0 Å². The van der Waals surface area contributed by atoms with Gasteiger partial charge < -0.3 is 40.9 Å². The van der Waals surface area contributed by atoms with Gasteiger partial charge in [-0.05, 0) is 66.8 Å². The van der Waals surface area contributed by atoms with E-state index in [2.05, 4.69) is 0 Å². The summed E-state index contributed by atoms with van der Waals surface area (Å²) in [6.07, 6.45) is -2.32. The Bertz CT molecular complexity index is 1610. The van der Waals surface area contributed by atoms with E-state index in [1.165, 1.54) is 48.5 Å². The van der Waals surface area contributed by atoms with Crippen LogP contribution in [0.15, 0.2) is 48.5 Å². The van der Waals surface area contributed by atoms with E-state index in [4.69, 9.17) is 0 Å². The first-order chi connectivity index (χ1) is 22.7. The maximum absolute atomic E-state index is 11.7. The molecule has 0 heterocycles. The van der Waals surface area contributed by atoms with Crippen LogP contribution in [0.5, 0.6) is 23.0 Å².